The Kier molecular flexibility index (Phi) is 4.39. The lowest BCUT2D eigenvalue weighted by Crippen LogP contribution is -2.56. The Morgan fingerprint density at radius 3 is 2.47 bits per heavy atom. The third kappa shape index (κ3) is 3.85. The van der Waals surface area contributed by atoms with Gasteiger partial charge in [-0.3, -0.25) is 0 Å². The molecule has 110 valence electrons. The van der Waals surface area contributed by atoms with Crippen LogP contribution in [-0.2, 0) is 4.74 Å². The summed E-state index contributed by atoms with van der Waals surface area (Å²) in [4.78, 5) is 12.1. The van der Waals surface area contributed by atoms with Crippen LogP contribution in [0.4, 0.5) is 4.79 Å². The summed E-state index contributed by atoms with van der Waals surface area (Å²) >= 11 is 0. The predicted octanol–water partition coefficient (Wildman–Crippen LogP) is 2.82. The summed E-state index contributed by atoms with van der Waals surface area (Å²) in [5, 5.41) is 6.68. The molecule has 1 aliphatic carbocycles. The van der Waals surface area contributed by atoms with Crippen molar-refractivity contribution in [3.05, 3.63) is 0 Å². The molecule has 0 radical (unpaired) electrons. The van der Waals surface area contributed by atoms with Gasteiger partial charge >= 0.3 is 6.09 Å². The van der Waals surface area contributed by atoms with Crippen molar-refractivity contribution in [1.29, 1.82) is 0 Å². The Labute approximate surface area is 116 Å². The van der Waals surface area contributed by atoms with Crippen molar-refractivity contribution in [3.8, 4) is 0 Å². The maximum Gasteiger partial charge on any atom is 0.408 e. The van der Waals surface area contributed by atoms with Gasteiger partial charge in [-0.15, -0.1) is 0 Å². The maximum absolute atomic E-state index is 12.1. The topological polar surface area (TPSA) is 50.4 Å². The summed E-state index contributed by atoms with van der Waals surface area (Å²) in [6, 6.07) is 0. The highest BCUT2D eigenvalue weighted by molar-refractivity contribution is 5.69. The molecule has 1 saturated carbocycles. The van der Waals surface area contributed by atoms with Crippen molar-refractivity contribution in [2.24, 2.45) is 5.92 Å². The van der Waals surface area contributed by atoms with Crippen LogP contribution in [0.2, 0.25) is 0 Å². The third-order valence-electron chi connectivity index (χ3n) is 4.32. The van der Waals surface area contributed by atoms with E-state index in [1.54, 1.807) is 0 Å². The quantitative estimate of drug-likeness (QED) is 0.809. The van der Waals surface area contributed by atoms with Crippen LogP contribution in [0.1, 0.15) is 59.3 Å². The molecule has 19 heavy (non-hydrogen) atoms. The van der Waals surface area contributed by atoms with E-state index in [4.69, 9.17) is 4.74 Å². The zero-order valence-corrected chi connectivity index (χ0v) is 12.6. The van der Waals surface area contributed by atoms with Crippen LogP contribution in [0.3, 0.4) is 0 Å². The largest absolute Gasteiger partial charge is 0.444 e. The number of rotatable bonds is 2. The number of carbonyl (C=O) groups is 1. The van der Waals surface area contributed by atoms with Gasteiger partial charge in [0, 0.05) is 12.1 Å². The summed E-state index contributed by atoms with van der Waals surface area (Å²) in [6.45, 7) is 7.87. The fraction of sp³-hybridized carbons (Fsp3) is 0.933. The highest BCUT2D eigenvalue weighted by atomic mass is 16.6. The van der Waals surface area contributed by atoms with Crippen molar-refractivity contribution in [2.45, 2.75) is 70.4 Å². The molecule has 1 aliphatic heterocycles. The van der Waals surface area contributed by atoms with E-state index in [-0.39, 0.29) is 11.6 Å². The minimum absolute atomic E-state index is 0.0320. The third-order valence-corrected chi connectivity index (χ3v) is 4.32. The number of piperidine rings is 1. The highest BCUT2D eigenvalue weighted by Crippen LogP contribution is 2.39. The summed E-state index contributed by atoms with van der Waals surface area (Å²) in [7, 11) is 0. The summed E-state index contributed by atoms with van der Waals surface area (Å²) in [5.41, 5.74) is -0.454. The average Bonchev–Trinajstić information content (AvgIpc) is 2.77. The van der Waals surface area contributed by atoms with Gasteiger partial charge in [0.25, 0.3) is 0 Å². The second-order valence-electron chi connectivity index (χ2n) is 7.03. The molecule has 4 nitrogen and oxygen atoms in total. The van der Waals surface area contributed by atoms with Crippen LogP contribution < -0.4 is 10.6 Å². The summed E-state index contributed by atoms with van der Waals surface area (Å²) < 4.78 is 5.45. The first-order valence-corrected chi connectivity index (χ1v) is 7.63. The van der Waals surface area contributed by atoms with E-state index in [1.165, 1.54) is 25.7 Å². The maximum atomic E-state index is 12.1. The molecule has 1 atom stereocenters. The molecule has 1 unspecified atom stereocenters. The van der Waals surface area contributed by atoms with Gasteiger partial charge in [0.15, 0.2) is 0 Å². The standard InChI is InChI=1S/C15H28N2O2/c1-14(2,3)19-13(18)17-15(8-4-5-9-15)12-7-6-10-16-11-12/h12,16H,4-11H2,1-3H3,(H,17,18). The molecule has 0 aromatic rings. The molecule has 0 spiro atoms. The fourth-order valence-electron chi connectivity index (χ4n) is 3.47. The Morgan fingerprint density at radius 1 is 1.26 bits per heavy atom. The zero-order valence-electron chi connectivity index (χ0n) is 12.6. The van der Waals surface area contributed by atoms with E-state index >= 15 is 0 Å². The lowest BCUT2D eigenvalue weighted by molar-refractivity contribution is 0.0393. The van der Waals surface area contributed by atoms with Crippen LogP contribution in [-0.4, -0.2) is 30.3 Å². The highest BCUT2D eigenvalue weighted by Gasteiger charge is 2.43. The number of amides is 1. The molecule has 1 heterocycles. The smallest absolute Gasteiger partial charge is 0.408 e. The Morgan fingerprint density at radius 2 is 1.95 bits per heavy atom. The van der Waals surface area contributed by atoms with E-state index in [2.05, 4.69) is 10.6 Å². The molecular weight excluding hydrogens is 240 g/mol. The van der Waals surface area contributed by atoms with Crippen molar-refractivity contribution in [1.82, 2.24) is 10.6 Å². The number of hydrogen-bond donors (Lipinski definition) is 2. The molecule has 1 amide bonds. The normalized spacial score (nSPS) is 27.0. The van der Waals surface area contributed by atoms with Crippen LogP contribution in [0.5, 0.6) is 0 Å². The van der Waals surface area contributed by atoms with Gasteiger partial charge in [0.05, 0.1) is 0 Å². The number of nitrogens with one attached hydrogen (secondary N) is 2. The molecule has 2 rings (SSSR count). The van der Waals surface area contributed by atoms with Gasteiger partial charge in [0.1, 0.15) is 5.60 Å². The Hall–Kier alpha value is -0.770. The monoisotopic (exact) mass is 268 g/mol. The van der Waals surface area contributed by atoms with Gasteiger partial charge in [0.2, 0.25) is 0 Å². The van der Waals surface area contributed by atoms with Crippen molar-refractivity contribution >= 4 is 6.09 Å². The van der Waals surface area contributed by atoms with Crippen LogP contribution >= 0.6 is 0 Å². The number of hydrogen-bond acceptors (Lipinski definition) is 3. The first-order chi connectivity index (χ1) is 8.91. The van der Waals surface area contributed by atoms with Gasteiger partial charge in [-0.05, 0) is 58.9 Å². The van der Waals surface area contributed by atoms with E-state index in [0.717, 1.165) is 25.9 Å². The van der Waals surface area contributed by atoms with Crippen molar-refractivity contribution < 1.29 is 9.53 Å². The average molecular weight is 268 g/mol. The molecule has 2 aliphatic rings. The van der Waals surface area contributed by atoms with Crippen molar-refractivity contribution in [2.75, 3.05) is 13.1 Å². The van der Waals surface area contributed by atoms with E-state index in [0.29, 0.717) is 5.92 Å². The van der Waals surface area contributed by atoms with Gasteiger partial charge in [-0.25, -0.2) is 4.79 Å². The van der Waals surface area contributed by atoms with Gasteiger partial charge in [-0.1, -0.05) is 12.8 Å². The van der Waals surface area contributed by atoms with Crippen LogP contribution in [0, 0.1) is 5.92 Å². The van der Waals surface area contributed by atoms with E-state index < -0.39 is 5.60 Å². The van der Waals surface area contributed by atoms with Gasteiger partial charge in [-0.2, -0.15) is 0 Å². The second kappa shape index (κ2) is 5.70. The second-order valence-corrected chi connectivity index (χ2v) is 7.03. The lowest BCUT2D eigenvalue weighted by atomic mass is 9.78. The van der Waals surface area contributed by atoms with E-state index in [1.807, 2.05) is 20.8 Å². The van der Waals surface area contributed by atoms with Gasteiger partial charge < -0.3 is 15.4 Å². The Balaban J connectivity index is 2.00. The molecule has 2 N–H and O–H groups in total. The van der Waals surface area contributed by atoms with E-state index in [9.17, 15) is 4.79 Å². The molecule has 0 aromatic carbocycles. The zero-order chi connectivity index (χ0) is 13.9. The number of carbonyl (C=O) groups excluding carboxylic acids is 1. The Bertz CT molecular complexity index is 311. The fourth-order valence-corrected chi connectivity index (χ4v) is 3.47. The van der Waals surface area contributed by atoms with Crippen LogP contribution in [0.15, 0.2) is 0 Å². The van der Waals surface area contributed by atoms with Crippen molar-refractivity contribution in [3.63, 3.8) is 0 Å². The SMILES string of the molecule is CC(C)(C)OC(=O)NC1(C2CCCNC2)CCCC1. The summed E-state index contributed by atoms with van der Waals surface area (Å²) in [5.74, 6) is 0.552. The minimum Gasteiger partial charge on any atom is -0.444 e. The first-order valence-electron chi connectivity index (χ1n) is 7.63. The molecule has 4 heteroatoms. The summed E-state index contributed by atoms with van der Waals surface area (Å²) in [6.07, 6.45) is 6.79. The molecule has 0 bridgehead atoms. The predicted molar refractivity (Wildman–Crippen MR) is 76.2 cm³/mol. The lowest BCUT2D eigenvalue weighted by Gasteiger charge is -2.41. The molecule has 0 aromatic heterocycles. The van der Waals surface area contributed by atoms with Crippen LogP contribution in [0.25, 0.3) is 0 Å². The number of ether oxygens (including phenoxy) is 1. The number of alkyl carbamates (subject to hydrolysis) is 1. The molecular formula is C15H28N2O2. The molecule has 1 saturated heterocycles. The molecule has 2 fully saturated rings. The first kappa shape index (κ1) is 14.6. The minimum atomic E-state index is -0.422.